The molecule has 0 bridgehead atoms. The smallest absolute Gasteiger partial charge is 0.331 e. The summed E-state index contributed by atoms with van der Waals surface area (Å²) in [5, 5.41) is 7.13. The Kier molecular flexibility index (Phi) is 6.55. The van der Waals surface area contributed by atoms with E-state index in [9.17, 15) is 9.59 Å². The van der Waals surface area contributed by atoms with Crippen molar-refractivity contribution in [3.8, 4) is 0 Å². The summed E-state index contributed by atoms with van der Waals surface area (Å²) in [7, 11) is 1.85. The Balaban J connectivity index is 2.00. The fourth-order valence-corrected chi connectivity index (χ4v) is 2.80. The number of amides is 1. The van der Waals surface area contributed by atoms with Gasteiger partial charge in [-0.3, -0.25) is 9.48 Å². The van der Waals surface area contributed by atoms with Crippen molar-refractivity contribution in [3.63, 3.8) is 0 Å². The third-order valence-corrected chi connectivity index (χ3v) is 4.45. The van der Waals surface area contributed by atoms with Crippen molar-refractivity contribution >= 4 is 23.6 Å². The molecule has 0 aliphatic rings. The maximum Gasteiger partial charge on any atom is 0.331 e. The Hall–Kier alpha value is -2.89. The molecule has 0 aliphatic heterocycles. The first kappa shape index (κ1) is 20.4. The van der Waals surface area contributed by atoms with Gasteiger partial charge in [-0.1, -0.05) is 32.0 Å². The van der Waals surface area contributed by atoms with Gasteiger partial charge < -0.3 is 10.1 Å². The van der Waals surface area contributed by atoms with Crippen molar-refractivity contribution in [1.82, 2.24) is 9.78 Å². The molecule has 1 aromatic heterocycles. The Morgan fingerprint density at radius 3 is 2.44 bits per heavy atom. The molecule has 1 N–H and O–H groups in total. The van der Waals surface area contributed by atoms with Crippen LogP contribution < -0.4 is 5.32 Å². The Bertz CT molecular complexity index is 866. The van der Waals surface area contributed by atoms with E-state index in [2.05, 4.69) is 24.3 Å². The highest BCUT2D eigenvalue weighted by Crippen LogP contribution is 2.23. The third kappa shape index (κ3) is 5.06. The lowest BCUT2D eigenvalue weighted by Gasteiger charge is -2.16. The molecule has 2 aromatic rings. The van der Waals surface area contributed by atoms with Gasteiger partial charge in [0, 0.05) is 30.1 Å². The number of carbonyl (C=O) groups excluding carboxylic acids is 2. The Labute approximate surface area is 160 Å². The van der Waals surface area contributed by atoms with E-state index in [1.807, 2.05) is 45.2 Å². The van der Waals surface area contributed by atoms with Gasteiger partial charge >= 0.3 is 5.97 Å². The average molecular weight is 369 g/mol. The molecular formula is C21H27N3O3. The quantitative estimate of drug-likeness (QED) is 0.622. The first-order chi connectivity index (χ1) is 12.7. The number of nitrogens with one attached hydrogen (secondary N) is 1. The molecule has 0 fully saturated rings. The molecule has 1 amide bonds. The number of aryl methyl sites for hydroxylation is 2. The van der Waals surface area contributed by atoms with Crippen LogP contribution in [0.2, 0.25) is 0 Å². The number of benzene rings is 1. The zero-order valence-electron chi connectivity index (χ0n) is 16.7. The largest absolute Gasteiger partial charge is 0.449 e. The van der Waals surface area contributed by atoms with Gasteiger partial charge in [-0.15, -0.1) is 0 Å². The minimum absolute atomic E-state index is 0.272. The second-order valence-corrected chi connectivity index (χ2v) is 6.85. The number of hydrogen-bond acceptors (Lipinski definition) is 4. The zero-order chi connectivity index (χ0) is 20.1. The number of esters is 1. The second kappa shape index (κ2) is 8.66. The number of aromatic nitrogens is 2. The summed E-state index contributed by atoms with van der Waals surface area (Å²) in [6.07, 6.45) is 2.08. The predicted molar refractivity (Wildman–Crippen MR) is 106 cm³/mol. The molecule has 0 saturated heterocycles. The summed E-state index contributed by atoms with van der Waals surface area (Å²) in [6.45, 7) is 9.47. The lowest BCUT2D eigenvalue weighted by Crippen LogP contribution is -2.29. The van der Waals surface area contributed by atoms with Crippen LogP contribution in [0, 0.1) is 13.8 Å². The van der Waals surface area contributed by atoms with E-state index in [1.165, 1.54) is 6.08 Å². The van der Waals surface area contributed by atoms with Crippen molar-refractivity contribution in [3.05, 3.63) is 52.9 Å². The van der Waals surface area contributed by atoms with Gasteiger partial charge in [0.15, 0.2) is 6.10 Å². The topological polar surface area (TPSA) is 73.2 Å². The van der Waals surface area contributed by atoms with Gasteiger partial charge in [-0.25, -0.2) is 4.79 Å². The SMILES string of the molecule is Cc1nn(C)c(C)c1/C=C/C(=O)O[C@@H](C)C(=O)Nc1ccccc1C(C)C. The van der Waals surface area contributed by atoms with Crippen LogP contribution in [0.3, 0.4) is 0 Å². The van der Waals surface area contributed by atoms with Crippen molar-refractivity contribution < 1.29 is 14.3 Å². The van der Waals surface area contributed by atoms with E-state index >= 15 is 0 Å². The number of ether oxygens (including phenoxy) is 1. The molecule has 0 saturated carbocycles. The number of carbonyl (C=O) groups is 2. The molecule has 2 rings (SSSR count). The summed E-state index contributed by atoms with van der Waals surface area (Å²) in [4.78, 5) is 24.5. The predicted octanol–water partition coefficient (Wildman–Crippen LogP) is 3.74. The van der Waals surface area contributed by atoms with Gasteiger partial charge in [0.05, 0.1) is 5.69 Å². The summed E-state index contributed by atoms with van der Waals surface area (Å²) >= 11 is 0. The zero-order valence-corrected chi connectivity index (χ0v) is 16.7. The number of hydrogen-bond donors (Lipinski definition) is 1. The van der Waals surface area contributed by atoms with Crippen molar-refractivity contribution in [2.75, 3.05) is 5.32 Å². The standard InChI is InChI=1S/C21H27N3O3/c1-13(2)17-9-7-8-10-19(17)22-21(26)16(5)27-20(25)12-11-18-14(3)23-24(6)15(18)4/h7-13,16H,1-6H3,(H,22,26)/b12-11+/t16-/m0/s1. The van der Waals surface area contributed by atoms with E-state index in [1.54, 1.807) is 17.7 Å². The molecule has 1 atom stereocenters. The average Bonchev–Trinajstić information content (AvgIpc) is 2.85. The monoisotopic (exact) mass is 369 g/mol. The lowest BCUT2D eigenvalue weighted by molar-refractivity contribution is -0.148. The van der Waals surface area contributed by atoms with E-state index in [0.717, 1.165) is 28.2 Å². The third-order valence-electron chi connectivity index (χ3n) is 4.45. The summed E-state index contributed by atoms with van der Waals surface area (Å²) in [5.41, 5.74) is 4.42. The highest BCUT2D eigenvalue weighted by atomic mass is 16.5. The van der Waals surface area contributed by atoms with Crippen LogP contribution in [0.1, 0.15) is 49.2 Å². The molecule has 0 radical (unpaired) electrons. The van der Waals surface area contributed by atoms with Gasteiger partial charge in [-0.2, -0.15) is 5.10 Å². The second-order valence-electron chi connectivity index (χ2n) is 6.85. The molecule has 27 heavy (non-hydrogen) atoms. The molecular weight excluding hydrogens is 342 g/mol. The minimum atomic E-state index is -0.904. The summed E-state index contributed by atoms with van der Waals surface area (Å²) in [6, 6.07) is 7.61. The van der Waals surface area contributed by atoms with Crippen LogP contribution in [0.5, 0.6) is 0 Å². The molecule has 6 nitrogen and oxygen atoms in total. The van der Waals surface area contributed by atoms with Gasteiger partial charge in [0.2, 0.25) is 0 Å². The van der Waals surface area contributed by atoms with Crippen LogP contribution in [0.4, 0.5) is 5.69 Å². The van der Waals surface area contributed by atoms with Gasteiger partial charge in [0.25, 0.3) is 5.91 Å². The minimum Gasteiger partial charge on any atom is -0.449 e. The molecule has 6 heteroatoms. The maximum atomic E-state index is 12.4. The van der Waals surface area contributed by atoms with E-state index < -0.39 is 12.1 Å². The molecule has 0 spiro atoms. The molecule has 1 aromatic carbocycles. The van der Waals surface area contributed by atoms with E-state index in [4.69, 9.17) is 4.74 Å². The Morgan fingerprint density at radius 1 is 1.19 bits per heavy atom. The van der Waals surface area contributed by atoms with Crippen LogP contribution in [-0.2, 0) is 21.4 Å². The molecule has 0 aliphatic carbocycles. The van der Waals surface area contributed by atoms with Gasteiger partial charge in [0.1, 0.15) is 0 Å². The fraction of sp³-hybridized carbons (Fsp3) is 0.381. The van der Waals surface area contributed by atoms with Crippen LogP contribution in [0.25, 0.3) is 6.08 Å². The highest BCUT2D eigenvalue weighted by molar-refractivity contribution is 5.97. The van der Waals surface area contributed by atoms with Crippen LogP contribution in [0.15, 0.2) is 30.3 Å². The normalized spacial score (nSPS) is 12.4. The van der Waals surface area contributed by atoms with Crippen LogP contribution >= 0.6 is 0 Å². The highest BCUT2D eigenvalue weighted by Gasteiger charge is 2.18. The van der Waals surface area contributed by atoms with Gasteiger partial charge in [-0.05, 0) is 44.4 Å². The number of rotatable bonds is 6. The van der Waals surface area contributed by atoms with E-state index in [0.29, 0.717) is 0 Å². The van der Waals surface area contributed by atoms with Crippen LogP contribution in [-0.4, -0.2) is 27.8 Å². The molecule has 1 heterocycles. The molecule has 144 valence electrons. The summed E-state index contributed by atoms with van der Waals surface area (Å²) < 4.78 is 6.98. The molecule has 0 unspecified atom stereocenters. The number of nitrogens with zero attached hydrogens (tertiary/aromatic N) is 2. The fourth-order valence-electron chi connectivity index (χ4n) is 2.80. The first-order valence-electron chi connectivity index (χ1n) is 8.99. The number of para-hydroxylation sites is 1. The van der Waals surface area contributed by atoms with Crippen molar-refractivity contribution in [1.29, 1.82) is 0 Å². The van der Waals surface area contributed by atoms with Crippen molar-refractivity contribution in [2.45, 2.75) is 46.6 Å². The summed E-state index contributed by atoms with van der Waals surface area (Å²) in [5.74, 6) is -0.663. The first-order valence-corrected chi connectivity index (χ1v) is 8.99. The number of anilines is 1. The van der Waals surface area contributed by atoms with E-state index in [-0.39, 0.29) is 11.8 Å². The maximum absolute atomic E-state index is 12.4. The van der Waals surface area contributed by atoms with Crippen molar-refractivity contribution in [2.24, 2.45) is 7.05 Å². The lowest BCUT2D eigenvalue weighted by atomic mass is 10.0. The Morgan fingerprint density at radius 2 is 1.85 bits per heavy atom.